The second-order valence-corrected chi connectivity index (χ2v) is 5.16. The monoisotopic (exact) mass is 289 g/mol. The number of aromatic nitrogens is 3. The van der Waals surface area contributed by atoms with Crippen LogP contribution < -0.4 is 11.2 Å². The molecule has 0 saturated carbocycles. The van der Waals surface area contributed by atoms with Crippen LogP contribution in [0, 0.1) is 13.8 Å². The van der Waals surface area contributed by atoms with Gasteiger partial charge in [0.05, 0.1) is 6.54 Å². The molecule has 0 unspecified atom stereocenters. The van der Waals surface area contributed by atoms with E-state index in [1.165, 1.54) is 10.8 Å². The number of ketones is 1. The molecule has 2 rings (SSSR count). The van der Waals surface area contributed by atoms with Crippen LogP contribution in [-0.4, -0.2) is 19.9 Å². The standard InChI is InChI=1S/C15H19N3O3/c1-5-11-7-18(15(21)16-14(11)20)8-13(19)12-6-9(2)17(4)10(12)3/h6-7H,5,8H2,1-4H3,(H,16,20,21). The summed E-state index contributed by atoms with van der Waals surface area (Å²) in [5.74, 6) is -0.146. The lowest BCUT2D eigenvalue weighted by Gasteiger charge is -2.06. The van der Waals surface area contributed by atoms with Crippen LogP contribution in [0.5, 0.6) is 0 Å². The van der Waals surface area contributed by atoms with Gasteiger partial charge in [0.15, 0.2) is 5.78 Å². The van der Waals surface area contributed by atoms with Gasteiger partial charge in [0.2, 0.25) is 0 Å². The number of hydrogen-bond donors (Lipinski definition) is 1. The third kappa shape index (κ3) is 2.74. The molecule has 0 aliphatic carbocycles. The SMILES string of the molecule is CCc1cn(CC(=O)c2cc(C)n(C)c2C)c(=O)[nH]c1=O. The number of Topliss-reactive ketones (excluding diaryl/α,β-unsaturated/α-hetero) is 1. The molecule has 0 saturated heterocycles. The number of carbonyl (C=O) groups excluding carboxylic acids is 1. The summed E-state index contributed by atoms with van der Waals surface area (Å²) in [5.41, 5.74) is 1.99. The molecule has 112 valence electrons. The van der Waals surface area contributed by atoms with Crippen LogP contribution in [0.25, 0.3) is 0 Å². The largest absolute Gasteiger partial charge is 0.351 e. The van der Waals surface area contributed by atoms with Gasteiger partial charge in [-0.15, -0.1) is 0 Å². The van der Waals surface area contributed by atoms with Crippen LogP contribution in [0.1, 0.15) is 34.2 Å². The summed E-state index contributed by atoms with van der Waals surface area (Å²) in [6.45, 7) is 5.54. The van der Waals surface area contributed by atoms with Gasteiger partial charge < -0.3 is 4.57 Å². The van der Waals surface area contributed by atoms with Crippen LogP contribution in [0.3, 0.4) is 0 Å². The van der Waals surface area contributed by atoms with Crippen molar-refractivity contribution in [3.8, 4) is 0 Å². The molecule has 0 bridgehead atoms. The van der Waals surface area contributed by atoms with Crippen molar-refractivity contribution in [3.63, 3.8) is 0 Å². The van der Waals surface area contributed by atoms with Crippen molar-refractivity contribution in [1.29, 1.82) is 0 Å². The number of aromatic amines is 1. The normalized spacial score (nSPS) is 10.9. The Morgan fingerprint density at radius 2 is 1.95 bits per heavy atom. The predicted octanol–water partition coefficient (Wildman–Crippen LogP) is 0.937. The molecule has 0 spiro atoms. The minimum absolute atomic E-state index is 0.0765. The maximum absolute atomic E-state index is 12.4. The highest BCUT2D eigenvalue weighted by Crippen LogP contribution is 2.14. The molecule has 0 aromatic carbocycles. The van der Waals surface area contributed by atoms with Crippen molar-refractivity contribution in [2.45, 2.75) is 33.7 Å². The molecule has 6 heteroatoms. The minimum Gasteiger partial charge on any atom is -0.351 e. The summed E-state index contributed by atoms with van der Waals surface area (Å²) in [4.78, 5) is 37.9. The Morgan fingerprint density at radius 1 is 1.29 bits per heavy atom. The zero-order valence-corrected chi connectivity index (χ0v) is 12.7. The minimum atomic E-state index is -0.559. The Hall–Kier alpha value is -2.37. The highest BCUT2D eigenvalue weighted by molar-refractivity contribution is 5.97. The van der Waals surface area contributed by atoms with Crippen molar-refractivity contribution < 1.29 is 4.79 Å². The van der Waals surface area contributed by atoms with Gasteiger partial charge in [-0.3, -0.25) is 19.1 Å². The van der Waals surface area contributed by atoms with Gasteiger partial charge in [0, 0.05) is 35.8 Å². The first-order valence-electron chi connectivity index (χ1n) is 6.84. The highest BCUT2D eigenvalue weighted by atomic mass is 16.2. The van der Waals surface area contributed by atoms with E-state index in [4.69, 9.17) is 0 Å². The lowest BCUT2D eigenvalue weighted by Crippen LogP contribution is -2.33. The summed E-state index contributed by atoms with van der Waals surface area (Å²) in [6.07, 6.45) is 1.97. The lowest BCUT2D eigenvalue weighted by atomic mass is 10.1. The van der Waals surface area contributed by atoms with Crippen molar-refractivity contribution in [2.75, 3.05) is 0 Å². The Balaban J connectivity index is 2.38. The Labute approximate surface area is 122 Å². The molecular formula is C15H19N3O3. The predicted molar refractivity (Wildman–Crippen MR) is 79.9 cm³/mol. The molecule has 0 aliphatic heterocycles. The summed E-state index contributed by atoms with van der Waals surface area (Å²) >= 11 is 0. The zero-order chi connectivity index (χ0) is 15.7. The fourth-order valence-corrected chi connectivity index (χ4v) is 2.30. The Morgan fingerprint density at radius 3 is 2.48 bits per heavy atom. The van der Waals surface area contributed by atoms with E-state index < -0.39 is 11.2 Å². The Bertz CT molecular complexity index is 809. The van der Waals surface area contributed by atoms with Gasteiger partial charge in [-0.1, -0.05) is 6.92 Å². The van der Waals surface area contributed by atoms with Gasteiger partial charge in [-0.25, -0.2) is 4.79 Å². The summed E-state index contributed by atoms with van der Waals surface area (Å²) in [6, 6.07) is 1.81. The van der Waals surface area contributed by atoms with E-state index in [1.54, 1.807) is 0 Å². The van der Waals surface area contributed by atoms with Gasteiger partial charge in [-0.2, -0.15) is 0 Å². The maximum atomic E-state index is 12.4. The van der Waals surface area contributed by atoms with E-state index in [1.807, 2.05) is 38.5 Å². The van der Waals surface area contributed by atoms with Crippen molar-refractivity contribution in [3.05, 3.63) is 55.6 Å². The second kappa shape index (κ2) is 5.55. The van der Waals surface area contributed by atoms with E-state index in [0.717, 1.165) is 11.4 Å². The van der Waals surface area contributed by atoms with Gasteiger partial charge >= 0.3 is 5.69 Å². The third-order valence-electron chi connectivity index (χ3n) is 3.86. The van der Waals surface area contributed by atoms with E-state index >= 15 is 0 Å². The molecule has 0 amide bonds. The van der Waals surface area contributed by atoms with Crippen molar-refractivity contribution in [1.82, 2.24) is 14.1 Å². The molecule has 0 fully saturated rings. The fraction of sp³-hybridized carbons (Fsp3) is 0.400. The quantitative estimate of drug-likeness (QED) is 0.851. The first-order chi connectivity index (χ1) is 9.85. The number of aryl methyl sites for hydroxylation is 2. The molecule has 2 heterocycles. The molecular weight excluding hydrogens is 270 g/mol. The second-order valence-electron chi connectivity index (χ2n) is 5.16. The number of hydrogen-bond acceptors (Lipinski definition) is 3. The topological polar surface area (TPSA) is 76.9 Å². The van der Waals surface area contributed by atoms with E-state index in [2.05, 4.69) is 4.98 Å². The molecule has 6 nitrogen and oxygen atoms in total. The molecule has 0 aliphatic rings. The molecule has 0 radical (unpaired) electrons. The Kier molecular flexibility index (Phi) is 3.97. The molecule has 21 heavy (non-hydrogen) atoms. The third-order valence-corrected chi connectivity index (χ3v) is 3.86. The zero-order valence-electron chi connectivity index (χ0n) is 12.7. The van der Waals surface area contributed by atoms with Crippen molar-refractivity contribution in [2.24, 2.45) is 7.05 Å². The smallest absolute Gasteiger partial charge is 0.328 e. The average molecular weight is 289 g/mol. The summed E-state index contributed by atoms with van der Waals surface area (Å²) < 4.78 is 3.19. The van der Waals surface area contributed by atoms with Crippen LogP contribution >= 0.6 is 0 Å². The fourth-order valence-electron chi connectivity index (χ4n) is 2.30. The van der Waals surface area contributed by atoms with Crippen LogP contribution in [0.15, 0.2) is 21.9 Å². The molecule has 0 atom stereocenters. The first kappa shape index (κ1) is 15.0. The van der Waals surface area contributed by atoms with Crippen LogP contribution in [0.2, 0.25) is 0 Å². The van der Waals surface area contributed by atoms with E-state index in [9.17, 15) is 14.4 Å². The van der Waals surface area contributed by atoms with Crippen molar-refractivity contribution >= 4 is 5.78 Å². The first-order valence-corrected chi connectivity index (χ1v) is 6.84. The maximum Gasteiger partial charge on any atom is 0.328 e. The van der Waals surface area contributed by atoms with E-state index in [-0.39, 0.29) is 12.3 Å². The molecule has 1 N–H and O–H groups in total. The van der Waals surface area contributed by atoms with Crippen LogP contribution in [-0.2, 0) is 20.0 Å². The highest BCUT2D eigenvalue weighted by Gasteiger charge is 2.15. The van der Waals surface area contributed by atoms with Gasteiger partial charge in [-0.05, 0) is 26.3 Å². The summed E-state index contributed by atoms with van der Waals surface area (Å²) in [7, 11) is 1.89. The van der Waals surface area contributed by atoms with Crippen LogP contribution in [0.4, 0.5) is 0 Å². The number of rotatable bonds is 4. The number of nitrogens with zero attached hydrogens (tertiary/aromatic N) is 2. The molecule has 2 aromatic rings. The van der Waals surface area contributed by atoms with E-state index in [0.29, 0.717) is 17.5 Å². The molecule has 2 aromatic heterocycles. The number of carbonyl (C=O) groups is 1. The lowest BCUT2D eigenvalue weighted by molar-refractivity contribution is 0.0969. The number of nitrogens with one attached hydrogen (secondary N) is 1. The van der Waals surface area contributed by atoms with Gasteiger partial charge in [0.25, 0.3) is 5.56 Å². The number of H-pyrrole nitrogens is 1. The summed E-state index contributed by atoms with van der Waals surface area (Å²) in [5, 5.41) is 0. The average Bonchev–Trinajstić information content (AvgIpc) is 2.69. The van der Waals surface area contributed by atoms with Gasteiger partial charge in [0.1, 0.15) is 0 Å².